The minimum absolute atomic E-state index is 1.12. The second-order valence-corrected chi connectivity index (χ2v) is 17.4. The van der Waals surface area contributed by atoms with E-state index in [2.05, 4.69) is 275 Å². The lowest BCUT2D eigenvalue weighted by Crippen LogP contribution is -2.00. The predicted octanol–water partition coefficient (Wildman–Crippen LogP) is 17.0. The minimum Gasteiger partial charge on any atom is -0.309 e. The molecule has 3 heterocycles. The molecule has 13 rings (SSSR count). The summed E-state index contributed by atoms with van der Waals surface area (Å²) in [6.07, 6.45) is 8.86. The van der Waals surface area contributed by atoms with Crippen molar-refractivity contribution in [3.05, 3.63) is 259 Å². The van der Waals surface area contributed by atoms with E-state index in [1.54, 1.807) is 0 Å². The van der Waals surface area contributed by atoms with Crippen LogP contribution in [0.4, 0.5) is 0 Å². The molecule has 0 atom stereocenters. The molecule has 3 heteroatoms. The first-order chi connectivity index (χ1) is 33.2. The first kappa shape index (κ1) is 38.5. The normalized spacial score (nSPS) is 12.1. The zero-order valence-electron chi connectivity index (χ0n) is 36.7. The molecule has 0 aliphatic carbocycles. The van der Waals surface area contributed by atoms with E-state index in [0.717, 1.165) is 33.8 Å². The van der Waals surface area contributed by atoms with E-state index in [0.29, 0.717) is 0 Å². The molecular weight excluding hydrogens is 811 g/mol. The summed E-state index contributed by atoms with van der Waals surface area (Å²) in [6.45, 7) is 0. The second-order valence-electron chi connectivity index (χ2n) is 17.4. The summed E-state index contributed by atoms with van der Waals surface area (Å²) in [6, 6.07) is 85.8. The third-order valence-corrected chi connectivity index (χ3v) is 13.4. The number of hydrogen-bond acceptors (Lipinski definition) is 0. The first-order valence-electron chi connectivity index (χ1n) is 23.0. The van der Waals surface area contributed by atoms with E-state index in [1.807, 2.05) is 0 Å². The molecule has 0 spiro atoms. The van der Waals surface area contributed by atoms with E-state index in [1.165, 1.54) is 82.1 Å². The molecule has 0 amide bonds. The average molecular weight is 854 g/mol. The largest absolute Gasteiger partial charge is 0.309 e. The van der Waals surface area contributed by atoms with Crippen molar-refractivity contribution < 1.29 is 0 Å². The van der Waals surface area contributed by atoms with Crippen LogP contribution >= 0.6 is 0 Å². The number of para-hydroxylation sites is 6. The number of hydrogen-bond donors (Lipinski definition) is 0. The van der Waals surface area contributed by atoms with Crippen LogP contribution in [0.1, 0.15) is 22.3 Å². The van der Waals surface area contributed by atoms with Crippen LogP contribution < -0.4 is 0 Å². The Morgan fingerprint density at radius 1 is 0.209 bits per heavy atom. The summed E-state index contributed by atoms with van der Waals surface area (Å²) < 4.78 is 7.19. The predicted molar refractivity (Wildman–Crippen MR) is 286 cm³/mol. The van der Waals surface area contributed by atoms with Crippen LogP contribution in [0, 0.1) is 0 Å². The lowest BCUT2D eigenvalue weighted by molar-refractivity contribution is 1.13. The fourth-order valence-electron chi connectivity index (χ4n) is 10.3. The van der Waals surface area contributed by atoms with Crippen molar-refractivity contribution in [2.45, 2.75) is 0 Å². The summed E-state index contributed by atoms with van der Waals surface area (Å²) in [4.78, 5) is 0. The molecule has 0 saturated carbocycles. The minimum atomic E-state index is 1.12. The maximum Gasteiger partial charge on any atom is 0.0541 e. The molecule has 0 fully saturated rings. The van der Waals surface area contributed by atoms with E-state index >= 15 is 0 Å². The van der Waals surface area contributed by atoms with Gasteiger partial charge >= 0.3 is 0 Å². The van der Waals surface area contributed by atoms with Crippen LogP contribution in [0.3, 0.4) is 0 Å². The third-order valence-electron chi connectivity index (χ3n) is 13.4. The zero-order valence-corrected chi connectivity index (χ0v) is 36.7. The Balaban J connectivity index is 0.786. The van der Waals surface area contributed by atoms with E-state index < -0.39 is 0 Å². The van der Waals surface area contributed by atoms with Gasteiger partial charge in [-0.2, -0.15) is 0 Å². The van der Waals surface area contributed by atoms with Gasteiger partial charge in [0.2, 0.25) is 0 Å². The molecule has 314 valence electrons. The highest BCUT2D eigenvalue weighted by molar-refractivity contribution is 6.11. The lowest BCUT2D eigenvalue weighted by atomic mass is 10.0. The van der Waals surface area contributed by atoms with E-state index in [4.69, 9.17) is 0 Å². The van der Waals surface area contributed by atoms with Gasteiger partial charge in [-0.15, -0.1) is 0 Å². The van der Waals surface area contributed by atoms with Crippen molar-refractivity contribution in [1.29, 1.82) is 0 Å². The van der Waals surface area contributed by atoms with Crippen LogP contribution in [0.25, 0.3) is 118 Å². The lowest BCUT2D eigenvalue weighted by Gasteiger charge is -2.14. The first-order valence-corrected chi connectivity index (χ1v) is 23.0. The van der Waals surface area contributed by atoms with Gasteiger partial charge in [-0.05, 0) is 100 Å². The highest BCUT2D eigenvalue weighted by Gasteiger charge is 2.17. The fourth-order valence-corrected chi connectivity index (χ4v) is 10.3. The van der Waals surface area contributed by atoms with Crippen LogP contribution in [-0.4, -0.2) is 13.7 Å². The fraction of sp³-hybridized carbons (Fsp3) is 0. The van der Waals surface area contributed by atoms with Crippen molar-refractivity contribution >= 4 is 89.7 Å². The Kier molecular flexibility index (Phi) is 9.17. The highest BCUT2D eigenvalue weighted by atomic mass is 15.0. The Morgan fingerprint density at radius 3 is 0.776 bits per heavy atom. The molecule has 0 bridgehead atoms. The molecule has 3 nitrogen and oxygen atoms in total. The number of rotatable bonds is 8. The van der Waals surface area contributed by atoms with Crippen molar-refractivity contribution in [3.8, 4) is 28.2 Å². The SMILES string of the molecule is C(=Cc1ccc(-n2c3ccccc3c3ccccc32)cc1)c1ccc(-c2ccc(/C=C/c3cc(-n4c5ccccc5c5ccccc54)cc(-n4c5ccccc5c5ccccc54)c3)cc2)cc1. The molecule has 0 unspecified atom stereocenters. The maximum atomic E-state index is 2.42. The van der Waals surface area contributed by atoms with Crippen molar-refractivity contribution in [3.63, 3.8) is 0 Å². The molecule has 0 radical (unpaired) electrons. The number of nitrogens with zero attached hydrogens (tertiary/aromatic N) is 3. The Morgan fingerprint density at radius 2 is 0.463 bits per heavy atom. The molecule has 0 aliphatic heterocycles. The van der Waals surface area contributed by atoms with Gasteiger partial charge < -0.3 is 13.7 Å². The highest BCUT2D eigenvalue weighted by Crippen LogP contribution is 2.37. The molecule has 0 saturated heterocycles. The second kappa shape index (κ2) is 16.0. The molecule has 0 aliphatic rings. The topological polar surface area (TPSA) is 14.8 Å². The molecular formula is C64H43N3. The molecule has 67 heavy (non-hydrogen) atoms. The van der Waals surface area contributed by atoms with Gasteiger partial charge in [-0.25, -0.2) is 0 Å². The van der Waals surface area contributed by atoms with Gasteiger partial charge in [0.15, 0.2) is 0 Å². The van der Waals surface area contributed by atoms with Gasteiger partial charge in [0.05, 0.1) is 33.1 Å². The van der Waals surface area contributed by atoms with Crippen LogP contribution in [-0.2, 0) is 0 Å². The van der Waals surface area contributed by atoms with Crippen molar-refractivity contribution in [2.24, 2.45) is 0 Å². The van der Waals surface area contributed by atoms with Gasteiger partial charge in [0, 0.05) is 49.4 Å². The summed E-state index contributed by atoms with van der Waals surface area (Å²) in [5.41, 5.74) is 17.6. The summed E-state index contributed by atoms with van der Waals surface area (Å²) in [7, 11) is 0. The number of benzene rings is 10. The van der Waals surface area contributed by atoms with E-state index in [9.17, 15) is 0 Å². The van der Waals surface area contributed by atoms with E-state index in [-0.39, 0.29) is 0 Å². The van der Waals surface area contributed by atoms with Gasteiger partial charge in [-0.3, -0.25) is 0 Å². The van der Waals surface area contributed by atoms with Crippen molar-refractivity contribution in [2.75, 3.05) is 0 Å². The molecule has 0 N–H and O–H groups in total. The zero-order chi connectivity index (χ0) is 44.3. The van der Waals surface area contributed by atoms with Crippen LogP contribution in [0.2, 0.25) is 0 Å². The molecule has 13 aromatic rings. The summed E-state index contributed by atoms with van der Waals surface area (Å²) >= 11 is 0. The van der Waals surface area contributed by atoms with Crippen LogP contribution in [0.15, 0.2) is 237 Å². The smallest absolute Gasteiger partial charge is 0.0541 e. The molecule has 3 aromatic heterocycles. The molecule has 10 aromatic carbocycles. The Bertz CT molecular complexity index is 3770. The average Bonchev–Trinajstić information content (AvgIpc) is 4.04. The summed E-state index contributed by atoms with van der Waals surface area (Å²) in [5, 5.41) is 7.56. The standard InChI is InChI=1S/C64H43N3/c1-7-19-59-53(13-1)54-14-2-8-20-60(54)65(59)50-39-33-46(34-40-50)26-25-44-29-35-48(36-30-44)49-37-31-45(32-38-49)27-28-47-41-51(66-61-21-9-3-15-55(61)56-16-4-10-22-62(56)66)43-52(42-47)67-63-23-11-5-17-57(63)58-18-6-12-24-64(58)67/h1-43H/b26-25?,28-27+. The van der Waals surface area contributed by atoms with Crippen molar-refractivity contribution in [1.82, 2.24) is 13.7 Å². The summed E-state index contributed by atoms with van der Waals surface area (Å²) in [5.74, 6) is 0. The van der Waals surface area contributed by atoms with Crippen LogP contribution in [0.5, 0.6) is 0 Å². The Labute approximate surface area is 388 Å². The monoisotopic (exact) mass is 853 g/mol. The van der Waals surface area contributed by atoms with Gasteiger partial charge in [0.1, 0.15) is 0 Å². The number of fused-ring (bicyclic) bond motifs is 9. The number of aromatic nitrogens is 3. The third kappa shape index (κ3) is 6.67. The maximum absolute atomic E-state index is 2.42. The van der Waals surface area contributed by atoms with Gasteiger partial charge in [-0.1, -0.05) is 194 Å². The quantitative estimate of drug-likeness (QED) is 0.135. The van der Waals surface area contributed by atoms with Gasteiger partial charge in [0.25, 0.3) is 0 Å². The Hall–Kier alpha value is -8.92.